The summed E-state index contributed by atoms with van der Waals surface area (Å²) in [7, 11) is -3.89. The monoisotopic (exact) mass is 318 g/mol. The van der Waals surface area contributed by atoms with Gasteiger partial charge in [0.25, 0.3) is 0 Å². The third kappa shape index (κ3) is 5.68. The summed E-state index contributed by atoms with van der Waals surface area (Å²) in [4.78, 5) is 10.2. The Hall–Kier alpha value is -1.67. The van der Waals surface area contributed by atoms with Gasteiger partial charge in [0.1, 0.15) is 10.7 Å². The Bertz CT molecular complexity index is 602. The van der Waals surface area contributed by atoms with Crippen LogP contribution in [-0.2, 0) is 10.0 Å². The van der Waals surface area contributed by atoms with Crippen LogP contribution in [0.1, 0.15) is 26.7 Å². The van der Waals surface area contributed by atoms with Crippen molar-refractivity contribution in [2.24, 2.45) is 0 Å². The molecule has 0 atom stereocenters. The average molecular weight is 318 g/mol. The fourth-order valence-electron chi connectivity index (χ4n) is 1.83. The van der Waals surface area contributed by atoms with Gasteiger partial charge in [-0.05, 0) is 38.8 Å². The van der Waals surface area contributed by atoms with Crippen LogP contribution in [0.4, 0.5) is 9.18 Å². The fraction of sp³-hybridized carbons (Fsp3) is 0.462. The number of amides is 1. The Labute approximate surface area is 123 Å². The van der Waals surface area contributed by atoms with E-state index in [9.17, 15) is 17.6 Å². The van der Waals surface area contributed by atoms with E-state index in [1.807, 2.05) is 0 Å². The molecule has 21 heavy (non-hydrogen) atoms. The minimum absolute atomic E-state index is 0.0986. The number of halogens is 1. The molecule has 0 heterocycles. The van der Waals surface area contributed by atoms with Crippen LogP contribution in [0.3, 0.4) is 0 Å². The molecule has 0 spiro atoms. The van der Waals surface area contributed by atoms with E-state index in [2.05, 4.69) is 10.0 Å². The van der Waals surface area contributed by atoms with Crippen LogP contribution in [0.25, 0.3) is 0 Å². The number of hydrogen-bond donors (Lipinski definition) is 3. The molecule has 0 fully saturated rings. The van der Waals surface area contributed by atoms with Gasteiger partial charge < -0.3 is 10.4 Å². The highest BCUT2D eigenvalue weighted by atomic mass is 32.2. The first-order chi connectivity index (χ1) is 9.64. The van der Waals surface area contributed by atoms with Crippen LogP contribution >= 0.6 is 0 Å². The highest BCUT2D eigenvalue weighted by Gasteiger charge is 2.21. The van der Waals surface area contributed by atoms with E-state index in [-0.39, 0.29) is 6.54 Å². The third-order valence-electron chi connectivity index (χ3n) is 2.84. The Morgan fingerprint density at radius 1 is 1.33 bits per heavy atom. The molecule has 3 N–H and O–H groups in total. The number of hydrogen-bond acceptors (Lipinski definition) is 3. The second-order valence-corrected chi connectivity index (χ2v) is 6.98. The molecule has 0 saturated heterocycles. The molecule has 1 amide bonds. The zero-order chi connectivity index (χ0) is 16.1. The zero-order valence-electron chi connectivity index (χ0n) is 11.9. The van der Waals surface area contributed by atoms with Crippen molar-refractivity contribution in [1.29, 1.82) is 0 Å². The predicted octanol–water partition coefficient (Wildman–Crippen LogP) is 1.93. The van der Waals surface area contributed by atoms with Crippen LogP contribution in [0.2, 0.25) is 0 Å². The van der Waals surface area contributed by atoms with E-state index < -0.39 is 32.4 Å². The minimum Gasteiger partial charge on any atom is -0.465 e. The van der Waals surface area contributed by atoms with Crippen LogP contribution < -0.4 is 10.0 Å². The molecule has 118 valence electrons. The van der Waals surface area contributed by atoms with E-state index in [4.69, 9.17) is 5.11 Å². The summed E-state index contributed by atoms with van der Waals surface area (Å²) in [6, 6.07) is 5.12. The number of carboxylic acid groups (broad SMARTS) is 1. The molecule has 0 unspecified atom stereocenters. The van der Waals surface area contributed by atoms with E-state index in [0.717, 1.165) is 6.07 Å². The van der Waals surface area contributed by atoms with Crippen LogP contribution in [0, 0.1) is 5.82 Å². The molecule has 0 aliphatic heterocycles. The number of rotatable bonds is 7. The van der Waals surface area contributed by atoms with Crippen molar-refractivity contribution >= 4 is 16.1 Å². The highest BCUT2D eigenvalue weighted by Crippen LogP contribution is 2.14. The molecular weight excluding hydrogens is 299 g/mol. The van der Waals surface area contributed by atoms with Gasteiger partial charge >= 0.3 is 6.09 Å². The van der Waals surface area contributed by atoms with Gasteiger partial charge in [0.05, 0.1) is 0 Å². The van der Waals surface area contributed by atoms with Gasteiger partial charge in [-0.15, -0.1) is 0 Å². The van der Waals surface area contributed by atoms with Crippen molar-refractivity contribution in [3.63, 3.8) is 0 Å². The van der Waals surface area contributed by atoms with Crippen molar-refractivity contribution in [1.82, 2.24) is 10.0 Å². The Kier molecular flexibility index (Phi) is 5.68. The average Bonchev–Trinajstić information content (AvgIpc) is 2.33. The lowest BCUT2D eigenvalue weighted by Gasteiger charge is -2.24. The normalized spacial score (nSPS) is 12.1. The first kappa shape index (κ1) is 17.4. The molecule has 0 bridgehead atoms. The standard InChI is InChI=1S/C13H19FN2O4S/c1-13(2,16-12(17)18)8-5-9-15-21(19,20)11-7-4-3-6-10(11)14/h3-4,6-7,15-16H,5,8-9H2,1-2H3,(H,17,18). The van der Waals surface area contributed by atoms with Crippen molar-refractivity contribution in [2.45, 2.75) is 37.1 Å². The lowest BCUT2D eigenvalue weighted by molar-refractivity contribution is 0.180. The van der Waals surface area contributed by atoms with Gasteiger partial charge in [-0.2, -0.15) is 0 Å². The van der Waals surface area contributed by atoms with Crippen LogP contribution in [0.15, 0.2) is 29.2 Å². The molecule has 0 saturated carbocycles. The Morgan fingerprint density at radius 2 is 1.95 bits per heavy atom. The zero-order valence-corrected chi connectivity index (χ0v) is 12.7. The molecule has 0 aromatic heterocycles. The van der Waals surface area contributed by atoms with Gasteiger partial charge in [0.15, 0.2) is 0 Å². The second-order valence-electron chi connectivity index (χ2n) is 5.25. The first-order valence-electron chi connectivity index (χ1n) is 6.39. The molecule has 0 aliphatic carbocycles. The summed E-state index contributed by atoms with van der Waals surface area (Å²) < 4.78 is 39.5. The van der Waals surface area contributed by atoms with Crippen LogP contribution in [-0.4, -0.2) is 31.7 Å². The summed E-state index contributed by atoms with van der Waals surface area (Å²) in [5.41, 5.74) is -0.657. The van der Waals surface area contributed by atoms with Crippen molar-refractivity contribution in [3.8, 4) is 0 Å². The third-order valence-corrected chi connectivity index (χ3v) is 4.34. The molecule has 0 radical (unpaired) electrons. The van der Waals surface area contributed by atoms with Gasteiger partial charge in [0, 0.05) is 12.1 Å². The fourth-order valence-corrected chi connectivity index (χ4v) is 2.98. The largest absolute Gasteiger partial charge is 0.465 e. The SMILES string of the molecule is CC(C)(CCCNS(=O)(=O)c1ccccc1F)NC(=O)O. The molecule has 8 heteroatoms. The van der Waals surface area contributed by atoms with Crippen molar-refractivity contribution in [2.75, 3.05) is 6.54 Å². The molecule has 1 aromatic rings. The van der Waals surface area contributed by atoms with E-state index >= 15 is 0 Å². The second kappa shape index (κ2) is 6.86. The summed E-state index contributed by atoms with van der Waals surface area (Å²) in [6.07, 6.45) is -0.271. The lowest BCUT2D eigenvalue weighted by atomic mass is 9.99. The van der Waals surface area contributed by atoms with Gasteiger partial charge in [0.2, 0.25) is 10.0 Å². The summed E-state index contributed by atoms with van der Waals surface area (Å²) in [6.45, 7) is 3.50. The molecule has 0 aliphatic rings. The maximum Gasteiger partial charge on any atom is 0.405 e. The molecule has 1 aromatic carbocycles. The number of benzene rings is 1. The van der Waals surface area contributed by atoms with Gasteiger partial charge in [-0.1, -0.05) is 12.1 Å². The number of sulfonamides is 1. The first-order valence-corrected chi connectivity index (χ1v) is 7.88. The Balaban J connectivity index is 2.53. The minimum atomic E-state index is -3.89. The quantitative estimate of drug-likeness (QED) is 0.669. The lowest BCUT2D eigenvalue weighted by Crippen LogP contribution is -2.43. The number of carbonyl (C=O) groups is 1. The van der Waals surface area contributed by atoms with E-state index in [1.54, 1.807) is 13.8 Å². The van der Waals surface area contributed by atoms with E-state index in [1.165, 1.54) is 18.2 Å². The van der Waals surface area contributed by atoms with E-state index in [0.29, 0.717) is 12.8 Å². The predicted molar refractivity (Wildman–Crippen MR) is 76.1 cm³/mol. The van der Waals surface area contributed by atoms with Crippen molar-refractivity contribution < 1.29 is 22.7 Å². The maximum absolute atomic E-state index is 13.4. The van der Waals surface area contributed by atoms with Gasteiger partial charge in [-0.3, -0.25) is 0 Å². The highest BCUT2D eigenvalue weighted by molar-refractivity contribution is 7.89. The molecule has 6 nitrogen and oxygen atoms in total. The summed E-state index contributed by atoms with van der Waals surface area (Å²) in [5, 5.41) is 11.0. The maximum atomic E-state index is 13.4. The number of nitrogens with one attached hydrogen (secondary N) is 2. The molecular formula is C13H19FN2O4S. The molecule has 1 rings (SSSR count). The summed E-state index contributed by atoms with van der Waals surface area (Å²) >= 11 is 0. The topological polar surface area (TPSA) is 95.5 Å². The van der Waals surface area contributed by atoms with Crippen molar-refractivity contribution in [3.05, 3.63) is 30.1 Å². The van der Waals surface area contributed by atoms with Gasteiger partial charge in [-0.25, -0.2) is 22.3 Å². The Morgan fingerprint density at radius 3 is 2.52 bits per heavy atom. The smallest absolute Gasteiger partial charge is 0.405 e. The van der Waals surface area contributed by atoms with Crippen LogP contribution in [0.5, 0.6) is 0 Å². The summed E-state index contributed by atoms with van der Waals surface area (Å²) in [5.74, 6) is -0.808.